The van der Waals surface area contributed by atoms with E-state index in [1.807, 2.05) is 24.3 Å². The molecule has 0 radical (unpaired) electrons. The molecule has 0 aliphatic carbocycles. The van der Waals surface area contributed by atoms with Crippen LogP contribution in [0.5, 0.6) is 0 Å². The first-order valence-corrected chi connectivity index (χ1v) is 6.90. The predicted molar refractivity (Wildman–Crippen MR) is 85.2 cm³/mol. The Hall–Kier alpha value is -2.88. The van der Waals surface area contributed by atoms with Crippen molar-refractivity contribution in [2.45, 2.75) is 6.54 Å². The highest BCUT2D eigenvalue weighted by molar-refractivity contribution is 5.83. The number of hydrogen-bond acceptors (Lipinski definition) is 3. The lowest BCUT2D eigenvalue weighted by Crippen LogP contribution is -1.98. The van der Waals surface area contributed by atoms with Crippen LogP contribution in [0.4, 0.5) is 5.69 Å². The molecule has 2 aromatic heterocycles. The average molecular weight is 274 g/mol. The van der Waals surface area contributed by atoms with Crippen molar-refractivity contribution in [2.75, 3.05) is 5.32 Å². The summed E-state index contributed by atoms with van der Waals surface area (Å²) in [4.78, 5) is 11.9. The maximum Gasteiger partial charge on any atom is 0.0907 e. The number of benzene rings is 2. The minimum Gasteiger partial charge on any atom is -0.381 e. The van der Waals surface area contributed by atoms with E-state index in [1.54, 1.807) is 12.4 Å². The molecule has 0 aliphatic rings. The van der Waals surface area contributed by atoms with Crippen LogP contribution < -0.4 is 5.32 Å². The minimum absolute atomic E-state index is 0.774. The van der Waals surface area contributed by atoms with E-state index in [-0.39, 0.29) is 0 Å². The normalized spacial score (nSPS) is 11.0. The number of H-pyrrole nitrogens is 1. The van der Waals surface area contributed by atoms with E-state index in [0.717, 1.165) is 23.3 Å². The van der Waals surface area contributed by atoms with Crippen LogP contribution in [0.25, 0.3) is 21.9 Å². The first kappa shape index (κ1) is 11.9. The molecule has 0 spiro atoms. The molecule has 2 N–H and O–H groups in total. The highest BCUT2D eigenvalue weighted by Gasteiger charge is 2.03. The van der Waals surface area contributed by atoms with Crippen LogP contribution >= 0.6 is 0 Å². The Morgan fingerprint density at radius 2 is 1.81 bits per heavy atom. The zero-order chi connectivity index (χ0) is 14.1. The Labute approximate surface area is 121 Å². The van der Waals surface area contributed by atoms with Crippen molar-refractivity contribution in [3.8, 4) is 0 Å². The highest BCUT2D eigenvalue weighted by atomic mass is 14.9. The van der Waals surface area contributed by atoms with Gasteiger partial charge in [0.25, 0.3) is 0 Å². The van der Waals surface area contributed by atoms with Crippen molar-refractivity contribution in [1.29, 1.82) is 0 Å². The molecule has 0 saturated heterocycles. The molecule has 0 fully saturated rings. The second-order valence-corrected chi connectivity index (χ2v) is 4.97. The highest BCUT2D eigenvalue weighted by Crippen LogP contribution is 2.20. The maximum atomic E-state index is 4.33. The summed E-state index contributed by atoms with van der Waals surface area (Å²) < 4.78 is 0. The molecular weight excluding hydrogens is 260 g/mol. The average Bonchev–Trinajstić information content (AvgIpc) is 2.96. The molecule has 102 valence electrons. The molecule has 4 aromatic rings. The van der Waals surface area contributed by atoms with Gasteiger partial charge in [0, 0.05) is 41.7 Å². The molecule has 4 nitrogen and oxygen atoms in total. The molecule has 0 aliphatic heterocycles. The molecule has 0 bridgehead atoms. The van der Waals surface area contributed by atoms with E-state index >= 15 is 0 Å². The lowest BCUT2D eigenvalue weighted by atomic mass is 10.1. The third-order valence-electron chi connectivity index (χ3n) is 3.63. The van der Waals surface area contributed by atoms with Crippen molar-refractivity contribution in [1.82, 2.24) is 15.0 Å². The molecule has 2 aromatic carbocycles. The fourth-order valence-electron chi connectivity index (χ4n) is 2.55. The third-order valence-corrected chi connectivity index (χ3v) is 3.63. The summed E-state index contributed by atoms with van der Waals surface area (Å²) in [6.45, 7) is 0.774. The van der Waals surface area contributed by atoms with Gasteiger partial charge in [0.2, 0.25) is 0 Å². The zero-order valence-electron chi connectivity index (χ0n) is 11.4. The number of rotatable bonds is 3. The fraction of sp³-hybridized carbons (Fsp3) is 0.0588. The zero-order valence-corrected chi connectivity index (χ0v) is 11.4. The number of anilines is 1. The van der Waals surface area contributed by atoms with Crippen LogP contribution in [0, 0.1) is 0 Å². The molecule has 0 unspecified atom stereocenters. The molecule has 0 saturated carbocycles. The molecule has 2 heterocycles. The lowest BCUT2D eigenvalue weighted by molar-refractivity contribution is 1.16. The van der Waals surface area contributed by atoms with Crippen molar-refractivity contribution in [3.63, 3.8) is 0 Å². The molecule has 4 heteroatoms. The fourth-order valence-corrected chi connectivity index (χ4v) is 2.55. The van der Waals surface area contributed by atoms with Gasteiger partial charge in [0.05, 0.1) is 11.0 Å². The van der Waals surface area contributed by atoms with E-state index in [0.29, 0.717) is 0 Å². The summed E-state index contributed by atoms with van der Waals surface area (Å²) in [6.07, 6.45) is 5.48. The number of fused-ring (bicyclic) bond motifs is 2. The van der Waals surface area contributed by atoms with Crippen molar-refractivity contribution < 1.29 is 0 Å². The van der Waals surface area contributed by atoms with Crippen LogP contribution in [0.2, 0.25) is 0 Å². The Bertz CT molecular complexity index is 911. The smallest absolute Gasteiger partial charge is 0.0907 e. The largest absolute Gasteiger partial charge is 0.381 e. The number of nitrogens with zero attached hydrogens (tertiary/aromatic N) is 2. The van der Waals surface area contributed by atoms with Crippen LogP contribution in [-0.4, -0.2) is 15.0 Å². The number of nitrogens with one attached hydrogen (secondary N) is 2. The Morgan fingerprint density at radius 3 is 2.76 bits per heavy atom. The topological polar surface area (TPSA) is 53.6 Å². The predicted octanol–water partition coefficient (Wildman–Crippen LogP) is 3.72. The van der Waals surface area contributed by atoms with E-state index in [2.05, 4.69) is 44.7 Å². The number of para-hydroxylation sites is 1. The molecule has 0 amide bonds. The van der Waals surface area contributed by atoms with Crippen molar-refractivity contribution >= 4 is 27.6 Å². The Kier molecular flexibility index (Phi) is 2.78. The summed E-state index contributed by atoms with van der Waals surface area (Å²) in [6, 6.07) is 14.4. The van der Waals surface area contributed by atoms with Gasteiger partial charge in [0.15, 0.2) is 0 Å². The standard InChI is InChI=1S/C17H14N4/c1-2-4-15-14(3-1)12(11-21-15)10-20-13-5-6-16-17(9-13)19-8-7-18-16/h1-9,11,20-21H,10H2. The number of hydrogen-bond donors (Lipinski definition) is 2. The van der Waals surface area contributed by atoms with Gasteiger partial charge in [0.1, 0.15) is 0 Å². The van der Waals surface area contributed by atoms with Crippen LogP contribution in [0.3, 0.4) is 0 Å². The second-order valence-electron chi connectivity index (χ2n) is 4.97. The van der Waals surface area contributed by atoms with E-state index in [4.69, 9.17) is 0 Å². The second kappa shape index (κ2) is 4.90. The number of aromatic nitrogens is 3. The third kappa shape index (κ3) is 2.21. The SMILES string of the molecule is c1ccc2c(CNc3ccc4nccnc4c3)c[nH]c2c1. The van der Waals surface area contributed by atoms with Gasteiger partial charge < -0.3 is 10.3 Å². The first-order chi connectivity index (χ1) is 10.4. The van der Waals surface area contributed by atoms with Crippen molar-refractivity contribution in [3.05, 3.63) is 66.6 Å². The molecule has 21 heavy (non-hydrogen) atoms. The van der Waals surface area contributed by atoms with Crippen molar-refractivity contribution in [2.24, 2.45) is 0 Å². The van der Waals surface area contributed by atoms with Gasteiger partial charge in [-0.1, -0.05) is 18.2 Å². The molecule has 0 atom stereocenters. The molecule has 4 rings (SSSR count). The quantitative estimate of drug-likeness (QED) is 0.598. The first-order valence-electron chi connectivity index (χ1n) is 6.90. The van der Waals surface area contributed by atoms with Gasteiger partial charge in [-0.2, -0.15) is 0 Å². The van der Waals surface area contributed by atoms with Gasteiger partial charge in [-0.3, -0.25) is 9.97 Å². The summed E-state index contributed by atoms with van der Waals surface area (Å²) in [5.41, 5.74) is 5.29. The summed E-state index contributed by atoms with van der Waals surface area (Å²) in [5.74, 6) is 0. The maximum absolute atomic E-state index is 4.33. The summed E-state index contributed by atoms with van der Waals surface area (Å²) >= 11 is 0. The van der Waals surface area contributed by atoms with Crippen LogP contribution in [0.1, 0.15) is 5.56 Å². The molecular formula is C17H14N4. The van der Waals surface area contributed by atoms with Crippen LogP contribution in [-0.2, 0) is 6.54 Å². The van der Waals surface area contributed by atoms with Gasteiger partial charge >= 0.3 is 0 Å². The number of aromatic amines is 1. The van der Waals surface area contributed by atoms with E-state index in [1.165, 1.54) is 16.5 Å². The summed E-state index contributed by atoms with van der Waals surface area (Å²) in [5, 5.41) is 4.70. The Balaban J connectivity index is 1.60. The van der Waals surface area contributed by atoms with E-state index in [9.17, 15) is 0 Å². The lowest BCUT2D eigenvalue weighted by Gasteiger charge is -2.06. The van der Waals surface area contributed by atoms with Gasteiger partial charge in [-0.05, 0) is 29.8 Å². The van der Waals surface area contributed by atoms with Gasteiger partial charge in [-0.25, -0.2) is 0 Å². The van der Waals surface area contributed by atoms with Crippen LogP contribution in [0.15, 0.2) is 61.1 Å². The minimum atomic E-state index is 0.774. The Morgan fingerprint density at radius 1 is 0.952 bits per heavy atom. The van der Waals surface area contributed by atoms with Gasteiger partial charge in [-0.15, -0.1) is 0 Å². The summed E-state index contributed by atoms with van der Waals surface area (Å²) in [7, 11) is 0. The monoisotopic (exact) mass is 274 g/mol. The van der Waals surface area contributed by atoms with E-state index < -0.39 is 0 Å².